The minimum Gasteiger partial charge on any atom is -0.497 e. The molecule has 0 aliphatic carbocycles. The van der Waals surface area contributed by atoms with Gasteiger partial charge in [-0.05, 0) is 42.7 Å². The van der Waals surface area contributed by atoms with E-state index >= 15 is 0 Å². The Morgan fingerprint density at radius 2 is 1.97 bits per heavy atom. The third-order valence-electron chi connectivity index (χ3n) is 5.51. The van der Waals surface area contributed by atoms with Crippen molar-refractivity contribution < 1.29 is 19.1 Å². The molecule has 178 valence electrons. The number of hydrogen-bond donors (Lipinski definition) is 3. The third-order valence-corrected chi connectivity index (χ3v) is 6.27. The minimum absolute atomic E-state index is 0.0298. The zero-order valence-electron chi connectivity index (χ0n) is 19.0. The SMILES string of the molecule is COc1ccc(Nc2nc(C(=O)N[C@@H](Cc3ccccc3)C(=O)NC[C@@H]3CCCO3)cs2)cc1. The number of anilines is 2. The van der Waals surface area contributed by atoms with Crippen molar-refractivity contribution in [2.24, 2.45) is 0 Å². The van der Waals surface area contributed by atoms with Crippen LogP contribution in [0, 0.1) is 0 Å². The van der Waals surface area contributed by atoms with Crippen LogP contribution in [-0.2, 0) is 16.0 Å². The van der Waals surface area contributed by atoms with Crippen LogP contribution in [0.1, 0.15) is 28.9 Å². The fourth-order valence-corrected chi connectivity index (χ4v) is 4.38. The zero-order valence-corrected chi connectivity index (χ0v) is 19.8. The quantitative estimate of drug-likeness (QED) is 0.410. The summed E-state index contributed by atoms with van der Waals surface area (Å²) in [4.78, 5) is 30.3. The maximum absolute atomic E-state index is 12.9. The highest BCUT2D eigenvalue weighted by Crippen LogP contribution is 2.23. The number of carbonyl (C=O) groups excluding carboxylic acids is 2. The Morgan fingerprint density at radius 3 is 2.68 bits per heavy atom. The molecule has 0 saturated carbocycles. The largest absolute Gasteiger partial charge is 0.497 e. The van der Waals surface area contributed by atoms with E-state index in [1.165, 1.54) is 11.3 Å². The molecule has 3 N–H and O–H groups in total. The number of benzene rings is 2. The second-order valence-electron chi connectivity index (χ2n) is 7.99. The van der Waals surface area contributed by atoms with E-state index in [-0.39, 0.29) is 17.7 Å². The molecule has 8 nitrogen and oxygen atoms in total. The van der Waals surface area contributed by atoms with Gasteiger partial charge in [0.25, 0.3) is 5.91 Å². The van der Waals surface area contributed by atoms with Crippen LogP contribution >= 0.6 is 11.3 Å². The van der Waals surface area contributed by atoms with Crippen LogP contribution in [0.4, 0.5) is 10.8 Å². The van der Waals surface area contributed by atoms with E-state index in [4.69, 9.17) is 9.47 Å². The van der Waals surface area contributed by atoms with Crippen LogP contribution < -0.4 is 20.7 Å². The molecule has 34 heavy (non-hydrogen) atoms. The van der Waals surface area contributed by atoms with Crippen LogP contribution in [0.2, 0.25) is 0 Å². The zero-order chi connectivity index (χ0) is 23.8. The number of amides is 2. The van der Waals surface area contributed by atoms with E-state index in [0.717, 1.165) is 36.4 Å². The molecule has 2 atom stereocenters. The van der Waals surface area contributed by atoms with Crippen molar-refractivity contribution in [3.8, 4) is 5.75 Å². The maximum atomic E-state index is 12.9. The van der Waals surface area contributed by atoms with Gasteiger partial charge in [0, 0.05) is 30.6 Å². The number of nitrogens with zero attached hydrogens (tertiary/aromatic N) is 1. The monoisotopic (exact) mass is 480 g/mol. The number of hydrogen-bond acceptors (Lipinski definition) is 7. The van der Waals surface area contributed by atoms with E-state index in [2.05, 4.69) is 20.9 Å². The summed E-state index contributed by atoms with van der Waals surface area (Å²) in [6.45, 7) is 1.16. The van der Waals surface area contributed by atoms with Crippen LogP contribution in [0.5, 0.6) is 5.75 Å². The molecular formula is C25H28N4O4S. The molecule has 2 amide bonds. The van der Waals surface area contributed by atoms with E-state index in [0.29, 0.717) is 18.1 Å². The normalized spacial score (nSPS) is 16.0. The van der Waals surface area contributed by atoms with Gasteiger partial charge in [-0.1, -0.05) is 30.3 Å². The van der Waals surface area contributed by atoms with Crippen molar-refractivity contribution in [2.75, 3.05) is 25.6 Å². The summed E-state index contributed by atoms with van der Waals surface area (Å²) in [6.07, 6.45) is 2.34. The molecule has 1 aliphatic rings. The molecule has 0 bridgehead atoms. The van der Waals surface area contributed by atoms with Crippen molar-refractivity contribution in [2.45, 2.75) is 31.4 Å². The Morgan fingerprint density at radius 1 is 1.18 bits per heavy atom. The Labute approximate surface area is 202 Å². The molecular weight excluding hydrogens is 452 g/mol. The predicted molar refractivity (Wildman–Crippen MR) is 132 cm³/mol. The molecule has 1 aromatic heterocycles. The van der Waals surface area contributed by atoms with Gasteiger partial charge in [-0.3, -0.25) is 9.59 Å². The summed E-state index contributed by atoms with van der Waals surface area (Å²) in [5.41, 5.74) is 2.05. The maximum Gasteiger partial charge on any atom is 0.271 e. The first-order chi connectivity index (χ1) is 16.6. The van der Waals surface area contributed by atoms with Crippen LogP contribution in [-0.4, -0.2) is 49.2 Å². The number of rotatable bonds is 10. The predicted octanol–water partition coefficient (Wildman–Crippen LogP) is 3.53. The summed E-state index contributed by atoms with van der Waals surface area (Å²) in [7, 11) is 1.61. The van der Waals surface area contributed by atoms with Crippen molar-refractivity contribution in [3.63, 3.8) is 0 Å². The van der Waals surface area contributed by atoms with E-state index in [1.54, 1.807) is 12.5 Å². The summed E-state index contributed by atoms with van der Waals surface area (Å²) in [5, 5.41) is 11.2. The highest BCUT2D eigenvalue weighted by atomic mass is 32.1. The second-order valence-corrected chi connectivity index (χ2v) is 8.85. The van der Waals surface area contributed by atoms with E-state index < -0.39 is 11.9 Å². The molecule has 0 spiro atoms. The van der Waals surface area contributed by atoms with Gasteiger partial charge in [-0.15, -0.1) is 11.3 Å². The lowest BCUT2D eigenvalue weighted by Crippen LogP contribution is -2.49. The Hall–Kier alpha value is -3.43. The molecule has 4 rings (SSSR count). The highest BCUT2D eigenvalue weighted by molar-refractivity contribution is 7.14. The van der Waals surface area contributed by atoms with Crippen LogP contribution in [0.3, 0.4) is 0 Å². The number of aromatic nitrogens is 1. The van der Waals surface area contributed by atoms with Crippen molar-refractivity contribution in [1.29, 1.82) is 0 Å². The van der Waals surface area contributed by atoms with Gasteiger partial charge in [-0.2, -0.15) is 0 Å². The van der Waals surface area contributed by atoms with Gasteiger partial charge in [0.2, 0.25) is 5.91 Å². The number of ether oxygens (including phenoxy) is 2. The van der Waals surface area contributed by atoms with Gasteiger partial charge in [-0.25, -0.2) is 4.98 Å². The summed E-state index contributed by atoms with van der Waals surface area (Å²) in [6, 6.07) is 16.3. The van der Waals surface area contributed by atoms with Crippen LogP contribution in [0.15, 0.2) is 60.0 Å². The molecule has 2 heterocycles. The Bertz CT molecular complexity index is 1080. The topological polar surface area (TPSA) is 102 Å². The molecule has 1 fully saturated rings. The minimum atomic E-state index is -0.726. The fraction of sp³-hybridized carbons (Fsp3) is 0.320. The Kier molecular flexibility index (Phi) is 8.11. The number of methoxy groups -OCH3 is 1. The average molecular weight is 481 g/mol. The van der Waals surface area contributed by atoms with Gasteiger partial charge in [0.05, 0.1) is 13.2 Å². The van der Waals surface area contributed by atoms with Gasteiger partial charge < -0.3 is 25.4 Å². The van der Waals surface area contributed by atoms with Gasteiger partial charge in [0.15, 0.2) is 5.13 Å². The van der Waals surface area contributed by atoms with Crippen molar-refractivity contribution in [1.82, 2.24) is 15.6 Å². The van der Waals surface area contributed by atoms with Crippen molar-refractivity contribution >= 4 is 34.0 Å². The van der Waals surface area contributed by atoms with Crippen LogP contribution in [0.25, 0.3) is 0 Å². The summed E-state index contributed by atoms with van der Waals surface area (Å²) < 4.78 is 10.8. The highest BCUT2D eigenvalue weighted by Gasteiger charge is 2.25. The Balaban J connectivity index is 1.40. The lowest BCUT2D eigenvalue weighted by atomic mass is 10.0. The first-order valence-corrected chi connectivity index (χ1v) is 12.1. The van der Waals surface area contributed by atoms with E-state index in [9.17, 15) is 9.59 Å². The molecule has 0 unspecified atom stereocenters. The molecule has 1 aliphatic heterocycles. The number of carbonyl (C=O) groups is 2. The molecule has 3 aromatic rings. The lowest BCUT2D eigenvalue weighted by molar-refractivity contribution is -0.123. The standard InChI is InChI=1S/C25H28N4O4S/c1-32-19-11-9-18(10-12-19)27-25-29-22(16-34-25)24(31)28-21(14-17-6-3-2-4-7-17)23(30)26-15-20-8-5-13-33-20/h2-4,6-7,9-12,16,20-21H,5,8,13-15H2,1H3,(H,26,30)(H,27,29)(H,28,31)/t20-,21-/m0/s1. The second kappa shape index (κ2) is 11.6. The lowest BCUT2D eigenvalue weighted by Gasteiger charge is -2.19. The number of thiazole rings is 1. The number of nitrogens with one attached hydrogen (secondary N) is 3. The summed E-state index contributed by atoms with van der Waals surface area (Å²) in [5.74, 6) is 0.124. The molecule has 2 aromatic carbocycles. The smallest absolute Gasteiger partial charge is 0.271 e. The molecule has 9 heteroatoms. The molecule has 1 saturated heterocycles. The molecule has 0 radical (unpaired) electrons. The van der Waals surface area contributed by atoms with Crippen molar-refractivity contribution in [3.05, 3.63) is 71.2 Å². The van der Waals surface area contributed by atoms with Gasteiger partial charge >= 0.3 is 0 Å². The third kappa shape index (κ3) is 6.55. The first-order valence-electron chi connectivity index (χ1n) is 11.2. The first kappa shape index (κ1) is 23.7. The summed E-state index contributed by atoms with van der Waals surface area (Å²) >= 11 is 1.32. The fourth-order valence-electron chi connectivity index (χ4n) is 3.67. The van der Waals surface area contributed by atoms with E-state index in [1.807, 2.05) is 54.6 Å². The van der Waals surface area contributed by atoms with Gasteiger partial charge in [0.1, 0.15) is 17.5 Å². The average Bonchev–Trinajstić information content (AvgIpc) is 3.56.